The number of nitrogens with zero attached hydrogens (tertiary/aromatic N) is 2. The highest BCUT2D eigenvalue weighted by Crippen LogP contribution is 2.32. The molecule has 1 amide bonds. The van der Waals surface area contributed by atoms with Crippen LogP contribution in [0.25, 0.3) is 0 Å². The molecule has 2 N–H and O–H groups in total. The Kier molecular flexibility index (Phi) is 5.65. The second kappa shape index (κ2) is 7.96. The van der Waals surface area contributed by atoms with E-state index in [0.717, 1.165) is 18.6 Å². The second-order valence-corrected chi connectivity index (χ2v) is 6.92. The average Bonchev–Trinajstić information content (AvgIpc) is 2.63. The van der Waals surface area contributed by atoms with Crippen molar-refractivity contribution in [3.05, 3.63) is 54.1 Å². The summed E-state index contributed by atoms with van der Waals surface area (Å²) in [7, 11) is 1.63. The van der Waals surface area contributed by atoms with Crippen LogP contribution in [-0.2, 0) is 4.74 Å². The number of methoxy groups -OCH3 is 1. The van der Waals surface area contributed by atoms with E-state index in [2.05, 4.69) is 20.6 Å². The summed E-state index contributed by atoms with van der Waals surface area (Å²) in [5.41, 5.74) is -0.124. The minimum atomic E-state index is -0.901. The van der Waals surface area contributed by atoms with Crippen molar-refractivity contribution >= 4 is 11.6 Å². The number of hydrogen-bond donors (Lipinski definition) is 2. The van der Waals surface area contributed by atoms with Crippen molar-refractivity contribution in [3.8, 4) is 0 Å². The summed E-state index contributed by atoms with van der Waals surface area (Å²) < 4.78 is 32.4. The number of halogens is 2. The first-order valence-electron chi connectivity index (χ1n) is 8.75. The Hall–Kier alpha value is -2.61. The van der Waals surface area contributed by atoms with Crippen LogP contribution in [0, 0.1) is 11.9 Å². The third-order valence-electron chi connectivity index (χ3n) is 4.93. The molecule has 144 valence electrons. The number of hydrogen-bond acceptors (Lipinski definition) is 5. The predicted molar refractivity (Wildman–Crippen MR) is 96.3 cm³/mol. The van der Waals surface area contributed by atoms with E-state index in [-0.39, 0.29) is 23.7 Å². The monoisotopic (exact) mass is 376 g/mol. The van der Waals surface area contributed by atoms with Crippen LogP contribution in [0.15, 0.2) is 36.5 Å². The molecule has 0 aliphatic heterocycles. The van der Waals surface area contributed by atoms with Gasteiger partial charge in [0.2, 0.25) is 11.9 Å². The van der Waals surface area contributed by atoms with Gasteiger partial charge in [0, 0.05) is 37.2 Å². The maximum Gasteiger partial charge on any atom is 0.270 e. The van der Waals surface area contributed by atoms with E-state index >= 15 is 0 Å². The van der Waals surface area contributed by atoms with Crippen LogP contribution >= 0.6 is 0 Å². The molecule has 2 heterocycles. The van der Waals surface area contributed by atoms with Gasteiger partial charge in [0.15, 0.2) is 0 Å². The Morgan fingerprint density at radius 2 is 2.00 bits per heavy atom. The molecule has 1 aliphatic carbocycles. The zero-order chi connectivity index (χ0) is 19.4. The zero-order valence-corrected chi connectivity index (χ0v) is 15.2. The van der Waals surface area contributed by atoms with E-state index < -0.39 is 17.4 Å². The predicted octanol–water partition coefficient (Wildman–Crippen LogP) is 2.92. The van der Waals surface area contributed by atoms with Gasteiger partial charge in [-0.2, -0.15) is 13.8 Å². The van der Waals surface area contributed by atoms with Gasteiger partial charge in [0.25, 0.3) is 5.91 Å². The smallest absolute Gasteiger partial charge is 0.270 e. The first-order chi connectivity index (χ1) is 12.9. The lowest BCUT2D eigenvalue weighted by Gasteiger charge is -2.45. The minimum absolute atomic E-state index is 0.0250. The van der Waals surface area contributed by atoms with Crippen LogP contribution in [0.2, 0.25) is 0 Å². The number of carbonyl (C=O) groups is 1. The zero-order valence-electron chi connectivity index (χ0n) is 15.2. The fourth-order valence-corrected chi connectivity index (χ4v) is 3.53. The molecule has 0 saturated heterocycles. The summed E-state index contributed by atoms with van der Waals surface area (Å²) in [6.07, 6.45) is 3.50. The van der Waals surface area contributed by atoms with Gasteiger partial charge in [-0.25, -0.2) is 0 Å². The number of ether oxygens (including phenoxy) is 1. The lowest BCUT2D eigenvalue weighted by molar-refractivity contribution is 0.0294. The highest BCUT2D eigenvalue weighted by Gasteiger charge is 2.42. The number of aromatic nitrogens is 2. The second-order valence-electron chi connectivity index (χ2n) is 6.92. The molecule has 6 nitrogen and oxygen atoms in total. The molecule has 1 fully saturated rings. The Labute approximate surface area is 156 Å². The number of anilines is 1. The molecule has 1 aliphatic rings. The molecule has 3 rings (SSSR count). The Balaban J connectivity index is 1.83. The Morgan fingerprint density at radius 3 is 2.63 bits per heavy atom. The molecule has 8 heteroatoms. The topological polar surface area (TPSA) is 76.1 Å². The summed E-state index contributed by atoms with van der Waals surface area (Å²) in [6, 6.07) is 7.11. The highest BCUT2D eigenvalue weighted by atomic mass is 19.1. The average molecular weight is 376 g/mol. The quantitative estimate of drug-likeness (QED) is 0.785. The molecule has 3 unspecified atom stereocenters. The van der Waals surface area contributed by atoms with Gasteiger partial charge in [-0.1, -0.05) is 6.07 Å². The molecular weight excluding hydrogens is 354 g/mol. The summed E-state index contributed by atoms with van der Waals surface area (Å²) in [6.45, 7) is 1.89. The van der Waals surface area contributed by atoms with Crippen LogP contribution in [-0.4, -0.2) is 40.7 Å². The van der Waals surface area contributed by atoms with Gasteiger partial charge in [-0.05, 0) is 38.3 Å². The summed E-state index contributed by atoms with van der Waals surface area (Å²) in [5.74, 6) is -2.11. The first-order valence-corrected chi connectivity index (χ1v) is 8.75. The number of nitrogens with one attached hydrogen (secondary N) is 2. The van der Waals surface area contributed by atoms with Crippen LogP contribution < -0.4 is 10.6 Å². The van der Waals surface area contributed by atoms with Gasteiger partial charge in [-0.15, -0.1) is 0 Å². The molecule has 2 aromatic heterocycles. The van der Waals surface area contributed by atoms with Crippen LogP contribution in [0.4, 0.5) is 14.5 Å². The fraction of sp³-hybridized carbons (Fsp3) is 0.421. The van der Waals surface area contributed by atoms with Crippen LogP contribution in [0.1, 0.15) is 36.7 Å². The number of pyridine rings is 2. The summed E-state index contributed by atoms with van der Waals surface area (Å²) in [4.78, 5) is 19.8. The first kappa shape index (κ1) is 19.2. The van der Waals surface area contributed by atoms with E-state index in [1.165, 1.54) is 0 Å². The Bertz CT molecular complexity index is 785. The number of carbonyl (C=O) groups excluding carboxylic acids is 1. The maximum absolute atomic E-state index is 13.4. The van der Waals surface area contributed by atoms with Crippen LogP contribution in [0.5, 0.6) is 0 Å². The van der Waals surface area contributed by atoms with Gasteiger partial charge < -0.3 is 15.4 Å². The van der Waals surface area contributed by atoms with Gasteiger partial charge >= 0.3 is 0 Å². The molecule has 1 saturated carbocycles. The third-order valence-corrected chi connectivity index (χ3v) is 4.93. The van der Waals surface area contributed by atoms with Crippen molar-refractivity contribution < 1.29 is 18.3 Å². The summed E-state index contributed by atoms with van der Waals surface area (Å²) in [5, 5.41) is 6.17. The minimum Gasteiger partial charge on any atom is -0.381 e. The van der Waals surface area contributed by atoms with Gasteiger partial charge in [0.05, 0.1) is 11.6 Å². The van der Waals surface area contributed by atoms with E-state index in [1.807, 2.05) is 6.92 Å². The van der Waals surface area contributed by atoms with Crippen molar-refractivity contribution in [2.24, 2.45) is 0 Å². The van der Waals surface area contributed by atoms with E-state index in [1.54, 1.807) is 31.5 Å². The maximum atomic E-state index is 13.4. The van der Waals surface area contributed by atoms with Gasteiger partial charge in [0.1, 0.15) is 5.69 Å². The molecule has 0 aromatic carbocycles. The lowest BCUT2D eigenvalue weighted by atomic mass is 9.77. The van der Waals surface area contributed by atoms with E-state index in [9.17, 15) is 13.6 Å². The largest absolute Gasteiger partial charge is 0.381 e. The van der Waals surface area contributed by atoms with E-state index in [0.29, 0.717) is 18.5 Å². The van der Waals surface area contributed by atoms with Crippen molar-refractivity contribution in [2.75, 3.05) is 12.4 Å². The fourth-order valence-electron chi connectivity index (χ4n) is 3.53. The normalized spacial score (nSPS) is 25.0. The van der Waals surface area contributed by atoms with Crippen LogP contribution in [0.3, 0.4) is 0 Å². The highest BCUT2D eigenvalue weighted by molar-refractivity contribution is 5.92. The molecule has 0 spiro atoms. The third kappa shape index (κ3) is 4.57. The molecule has 3 atom stereocenters. The van der Waals surface area contributed by atoms with Crippen molar-refractivity contribution in [2.45, 2.75) is 43.9 Å². The van der Waals surface area contributed by atoms with Crippen molar-refractivity contribution in [3.63, 3.8) is 0 Å². The standard InChI is InChI=1S/C19H22F2N4O2/c1-19(25-18(26)14-5-3-4-8-22-14)11-13(27-2)6-7-15(19)23-12-9-16(20)24-17(21)10-12/h3-5,8-10,13,15H,6-7,11H2,1-2H3,(H,23,24)(H,25,26). The van der Waals surface area contributed by atoms with Crippen molar-refractivity contribution in [1.82, 2.24) is 15.3 Å². The molecule has 2 aromatic rings. The number of amides is 1. The van der Waals surface area contributed by atoms with Crippen molar-refractivity contribution in [1.29, 1.82) is 0 Å². The molecule has 27 heavy (non-hydrogen) atoms. The summed E-state index contributed by atoms with van der Waals surface area (Å²) >= 11 is 0. The molecular formula is C19H22F2N4O2. The SMILES string of the molecule is COC1CCC(Nc2cc(F)nc(F)c2)C(C)(NC(=O)c2ccccn2)C1. The molecule has 0 bridgehead atoms. The lowest BCUT2D eigenvalue weighted by Crippen LogP contribution is -2.61. The van der Waals surface area contributed by atoms with Gasteiger partial charge in [-0.3, -0.25) is 9.78 Å². The molecule has 0 radical (unpaired) electrons. The Morgan fingerprint density at radius 1 is 1.26 bits per heavy atom. The number of rotatable bonds is 5. The van der Waals surface area contributed by atoms with E-state index in [4.69, 9.17) is 4.74 Å².